The summed E-state index contributed by atoms with van der Waals surface area (Å²) in [6, 6.07) is 0. The average molecular weight is 443 g/mol. The molecule has 3 nitrogen and oxygen atoms in total. The van der Waals surface area contributed by atoms with Crippen LogP contribution in [0.1, 0.15) is 92.9 Å². The summed E-state index contributed by atoms with van der Waals surface area (Å²) >= 11 is 0. The van der Waals surface area contributed by atoms with E-state index in [2.05, 4.69) is 48.1 Å². The Kier molecular flexibility index (Phi) is 4.85. The number of aliphatic hydroxyl groups is 2. The van der Waals surface area contributed by atoms with Crippen LogP contribution < -0.4 is 0 Å². The summed E-state index contributed by atoms with van der Waals surface area (Å²) in [5.41, 5.74) is 1.52. The zero-order valence-electron chi connectivity index (χ0n) is 21.3. The number of Topliss-reactive ketones (excluding diaryl/α,β-unsaturated/α-hetero) is 1. The predicted octanol–water partition coefficient (Wildman–Crippen LogP) is 5.79. The van der Waals surface area contributed by atoms with Gasteiger partial charge in [0.1, 0.15) is 6.10 Å². The maximum absolute atomic E-state index is 13.0. The van der Waals surface area contributed by atoms with Gasteiger partial charge >= 0.3 is 0 Å². The first-order valence-electron chi connectivity index (χ1n) is 13.3. The van der Waals surface area contributed by atoms with Crippen LogP contribution in [0, 0.1) is 56.7 Å². The van der Waals surface area contributed by atoms with E-state index in [1.165, 1.54) is 38.5 Å². The number of aliphatic hydroxyl groups excluding tert-OH is 2. The van der Waals surface area contributed by atoms with Crippen LogP contribution in [0.5, 0.6) is 0 Å². The molecule has 0 saturated heterocycles. The Hall–Kier alpha value is -0.670. The Labute approximate surface area is 195 Å². The van der Waals surface area contributed by atoms with Crippen LogP contribution in [0.25, 0.3) is 0 Å². The molecule has 0 aromatic heterocycles. The number of hydrogen-bond donors (Lipinski definition) is 2. The van der Waals surface area contributed by atoms with Gasteiger partial charge in [0, 0.05) is 11.8 Å². The van der Waals surface area contributed by atoms with Gasteiger partial charge in [-0.1, -0.05) is 48.1 Å². The Morgan fingerprint density at radius 3 is 2.31 bits per heavy atom. The molecule has 32 heavy (non-hydrogen) atoms. The Morgan fingerprint density at radius 2 is 1.66 bits per heavy atom. The Balaban J connectivity index is 1.55. The number of ketones is 1. The van der Waals surface area contributed by atoms with Crippen molar-refractivity contribution >= 4 is 5.78 Å². The molecule has 5 fully saturated rings. The van der Waals surface area contributed by atoms with Crippen LogP contribution in [0.4, 0.5) is 0 Å². The maximum Gasteiger partial charge on any atom is 0.162 e. The van der Waals surface area contributed by atoms with E-state index < -0.39 is 6.10 Å². The smallest absolute Gasteiger partial charge is 0.162 e. The lowest BCUT2D eigenvalue weighted by Gasteiger charge is -2.69. The fourth-order valence-corrected chi connectivity index (χ4v) is 11.5. The average Bonchev–Trinajstić information content (AvgIpc) is 3.15. The van der Waals surface area contributed by atoms with E-state index in [9.17, 15) is 15.0 Å². The fraction of sp³-hybridized carbons (Fsp3) is 0.897. The van der Waals surface area contributed by atoms with Gasteiger partial charge in [-0.2, -0.15) is 0 Å². The zero-order chi connectivity index (χ0) is 23.5. The van der Waals surface area contributed by atoms with Gasteiger partial charge in [-0.25, -0.2) is 0 Å². The van der Waals surface area contributed by atoms with Crippen LogP contribution in [0.15, 0.2) is 12.2 Å². The monoisotopic (exact) mass is 442 g/mol. The van der Waals surface area contributed by atoms with Crippen LogP contribution >= 0.6 is 0 Å². The largest absolute Gasteiger partial charge is 0.392 e. The molecule has 0 radical (unpaired) electrons. The maximum atomic E-state index is 13.0. The number of carbonyl (C=O) groups is 1. The molecule has 0 heterocycles. The standard InChI is InChI=1S/C29H46O3/c1-17(15-30)18-10-12-26(4)16-29(7)19(23(18)26)8-9-22-27(5)14-20(31)24(32)25(2,3)21(27)11-13-28(22,29)6/h18-19,21-24,30,32H,1,8-16H2,2-7H3/t18-,19+,21-,22+,23-,24-,26+,27-,28+,29+/m0/s1. The number of fused-ring (bicyclic) bond motifs is 7. The topological polar surface area (TPSA) is 57.5 Å². The minimum atomic E-state index is -0.813. The number of hydrogen-bond acceptors (Lipinski definition) is 3. The van der Waals surface area contributed by atoms with Crippen molar-refractivity contribution in [3.63, 3.8) is 0 Å². The molecule has 5 aliphatic rings. The Morgan fingerprint density at radius 1 is 0.969 bits per heavy atom. The van der Waals surface area contributed by atoms with Gasteiger partial charge in [0.15, 0.2) is 5.78 Å². The van der Waals surface area contributed by atoms with Gasteiger partial charge in [-0.05, 0) is 102 Å². The molecule has 10 atom stereocenters. The van der Waals surface area contributed by atoms with E-state index in [0.29, 0.717) is 41.4 Å². The summed E-state index contributed by atoms with van der Waals surface area (Å²) < 4.78 is 0. The lowest BCUT2D eigenvalue weighted by Crippen LogP contribution is -2.65. The lowest BCUT2D eigenvalue weighted by atomic mass is 9.35. The SMILES string of the molecule is C=C(CO)[C@@H]1CC[C@]2(C)C[C@]3(C)[C@H](CC[C@@H]4[C@@]5(C)CC(=O)[C@H](O)C(C)(C)[C@@H]5CC[C@]43C)[C@H]12. The third-order valence-corrected chi connectivity index (χ3v) is 12.9. The van der Waals surface area contributed by atoms with Crippen molar-refractivity contribution in [2.45, 2.75) is 99.0 Å². The molecule has 0 unspecified atom stereocenters. The van der Waals surface area contributed by atoms with Crippen LogP contribution in [0.2, 0.25) is 0 Å². The molecule has 0 bridgehead atoms. The Bertz CT molecular complexity index is 845. The molecule has 0 aromatic carbocycles. The van der Waals surface area contributed by atoms with Crippen molar-refractivity contribution in [3.05, 3.63) is 12.2 Å². The van der Waals surface area contributed by atoms with Gasteiger partial charge < -0.3 is 10.2 Å². The van der Waals surface area contributed by atoms with E-state index in [0.717, 1.165) is 12.0 Å². The first-order chi connectivity index (χ1) is 14.8. The lowest BCUT2D eigenvalue weighted by molar-refractivity contribution is -0.218. The first kappa shape index (κ1) is 23.1. The van der Waals surface area contributed by atoms with Crippen LogP contribution in [0.3, 0.4) is 0 Å². The second-order valence-corrected chi connectivity index (χ2v) is 14.4. The summed E-state index contributed by atoms with van der Waals surface area (Å²) in [6.45, 7) is 18.8. The van der Waals surface area contributed by atoms with Crippen molar-refractivity contribution in [1.29, 1.82) is 0 Å². The molecule has 0 aliphatic heterocycles. The molecule has 180 valence electrons. The molecule has 3 heteroatoms. The van der Waals surface area contributed by atoms with Crippen molar-refractivity contribution in [3.8, 4) is 0 Å². The van der Waals surface area contributed by atoms with Crippen molar-refractivity contribution in [1.82, 2.24) is 0 Å². The first-order valence-corrected chi connectivity index (χ1v) is 13.3. The molecule has 5 aliphatic carbocycles. The predicted molar refractivity (Wildman–Crippen MR) is 128 cm³/mol. The van der Waals surface area contributed by atoms with E-state index in [-0.39, 0.29) is 34.1 Å². The van der Waals surface area contributed by atoms with Crippen LogP contribution in [-0.2, 0) is 4.79 Å². The normalized spacial score (nSPS) is 56.2. The molecule has 2 N–H and O–H groups in total. The molecular weight excluding hydrogens is 396 g/mol. The molecule has 5 saturated carbocycles. The fourth-order valence-electron chi connectivity index (χ4n) is 11.5. The molecule has 0 spiro atoms. The van der Waals surface area contributed by atoms with Crippen molar-refractivity contribution in [2.24, 2.45) is 56.7 Å². The highest BCUT2D eigenvalue weighted by molar-refractivity contribution is 5.85. The minimum Gasteiger partial charge on any atom is -0.392 e. The van der Waals surface area contributed by atoms with Gasteiger partial charge in [-0.15, -0.1) is 0 Å². The molecule has 0 amide bonds. The van der Waals surface area contributed by atoms with Crippen LogP contribution in [-0.4, -0.2) is 28.7 Å². The van der Waals surface area contributed by atoms with E-state index in [1.807, 2.05) is 0 Å². The van der Waals surface area contributed by atoms with Gasteiger partial charge in [-0.3, -0.25) is 4.79 Å². The minimum absolute atomic E-state index is 0.0203. The van der Waals surface area contributed by atoms with E-state index in [4.69, 9.17) is 0 Å². The number of carbonyl (C=O) groups excluding carboxylic acids is 1. The van der Waals surface area contributed by atoms with E-state index >= 15 is 0 Å². The third-order valence-electron chi connectivity index (χ3n) is 12.9. The highest BCUT2D eigenvalue weighted by Gasteiger charge is 2.73. The second kappa shape index (κ2) is 6.72. The van der Waals surface area contributed by atoms with Crippen molar-refractivity contribution < 1.29 is 15.0 Å². The van der Waals surface area contributed by atoms with Gasteiger partial charge in [0.05, 0.1) is 6.61 Å². The second-order valence-electron chi connectivity index (χ2n) is 14.4. The summed E-state index contributed by atoms with van der Waals surface area (Å²) in [5.74, 6) is 2.80. The van der Waals surface area contributed by atoms with Gasteiger partial charge in [0.25, 0.3) is 0 Å². The summed E-state index contributed by atoms with van der Waals surface area (Å²) in [6.07, 6.45) is 8.23. The number of rotatable bonds is 2. The summed E-state index contributed by atoms with van der Waals surface area (Å²) in [7, 11) is 0. The molecule has 5 rings (SSSR count). The molecule has 0 aromatic rings. The summed E-state index contributed by atoms with van der Waals surface area (Å²) in [5, 5.41) is 20.7. The highest BCUT2D eigenvalue weighted by atomic mass is 16.3. The zero-order valence-corrected chi connectivity index (χ0v) is 21.3. The third kappa shape index (κ3) is 2.54. The summed E-state index contributed by atoms with van der Waals surface area (Å²) in [4.78, 5) is 13.0. The van der Waals surface area contributed by atoms with E-state index in [1.54, 1.807) is 0 Å². The highest BCUT2D eigenvalue weighted by Crippen LogP contribution is 2.79. The van der Waals surface area contributed by atoms with Gasteiger partial charge in [0.2, 0.25) is 0 Å². The van der Waals surface area contributed by atoms with Crippen molar-refractivity contribution in [2.75, 3.05) is 6.61 Å². The quantitative estimate of drug-likeness (QED) is 0.533. The molecular formula is C29H46O3.